The van der Waals surface area contributed by atoms with E-state index in [-0.39, 0.29) is 10.8 Å². The maximum absolute atomic E-state index is 11.2. The van der Waals surface area contributed by atoms with Gasteiger partial charge >= 0.3 is 0 Å². The summed E-state index contributed by atoms with van der Waals surface area (Å²) < 4.78 is 0. The number of hydrogen-bond acceptors (Lipinski definition) is 2. The molecule has 0 heterocycles. The van der Waals surface area contributed by atoms with Crippen LogP contribution in [0.1, 0.15) is 40.2 Å². The van der Waals surface area contributed by atoms with Gasteiger partial charge in [0.2, 0.25) is 0 Å². The summed E-state index contributed by atoms with van der Waals surface area (Å²) >= 11 is 0. The van der Waals surface area contributed by atoms with E-state index < -0.39 is 13.7 Å². The summed E-state index contributed by atoms with van der Waals surface area (Å²) in [7, 11) is -2.73. The van der Waals surface area contributed by atoms with Crippen LogP contribution in [0.25, 0.3) is 0 Å². The summed E-state index contributed by atoms with van der Waals surface area (Å²) in [4.78, 5) is 0. The molecule has 3 aromatic rings. The Balaban J connectivity index is 2.57. The van der Waals surface area contributed by atoms with Gasteiger partial charge in [-0.25, -0.2) is 0 Å². The maximum Gasteiger partial charge on any atom is 0.158 e. The highest BCUT2D eigenvalue weighted by molar-refractivity contribution is 7.13. The molecule has 0 saturated carbocycles. The zero-order valence-corrected chi connectivity index (χ0v) is 18.4. The van der Waals surface area contributed by atoms with Crippen molar-refractivity contribution in [2.75, 3.05) is 0 Å². The van der Waals surface area contributed by atoms with E-state index in [0.717, 1.165) is 10.8 Å². The predicted molar refractivity (Wildman–Crippen MR) is 121 cm³/mol. The van der Waals surface area contributed by atoms with Gasteiger partial charge in [-0.15, -0.1) is 0 Å². The van der Waals surface area contributed by atoms with Crippen molar-refractivity contribution in [2.45, 2.75) is 45.3 Å². The van der Waals surface area contributed by atoms with Gasteiger partial charge in [-0.2, -0.15) is 0 Å². The van der Waals surface area contributed by atoms with Crippen LogP contribution < -0.4 is 15.6 Å². The SMILES string of the molecule is CC(C)(O)c1cccc(O)c1[Si](c1ccccc1)(c1ccccc1)C(C)(C)C. The predicted octanol–water partition coefficient (Wildman–Crippen LogP) is 3.89. The van der Waals surface area contributed by atoms with Crippen LogP contribution in [-0.2, 0) is 5.60 Å². The van der Waals surface area contributed by atoms with Crippen LogP contribution in [-0.4, -0.2) is 18.3 Å². The van der Waals surface area contributed by atoms with E-state index in [1.165, 1.54) is 10.4 Å². The first kappa shape index (κ1) is 20.4. The van der Waals surface area contributed by atoms with Gasteiger partial charge in [0.05, 0.1) is 5.60 Å². The van der Waals surface area contributed by atoms with E-state index in [1.54, 1.807) is 19.9 Å². The smallest absolute Gasteiger partial charge is 0.158 e. The molecular formula is C25H30O2Si. The Morgan fingerprint density at radius 3 is 1.50 bits per heavy atom. The number of benzene rings is 3. The molecule has 0 bridgehead atoms. The topological polar surface area (TPSA) is 40.5 Å². The van der Waals surface area contributed by atoms with Crippen molar-refractivity contribution in [3.63, 3.8) is 0 Å². The van der Waals surface area contributed by atoms with Crippen molar-refractivity contribution in [3.8, 4) is 5.75 Å². The molecule has 3 heteroatoms. The third-order valence-electron chi connectivity index (χ3n) is 5.62. The van der Waals surface area contributed by atoms with Crippen molar-refractivity contribution < 1.29 is 10.2 Å². The second-order valence-electron chi connectivity index (χ2n) is 8.99. The highest BCUT2D eigenvalue weighted by Crippen LogP contribution is 2.39. The zero-order chi connectivity index (χ0) is 20.6. The standard InChI is InChI=1S/C25H30O2Si/c1-24(2,3)28(19-13-8-6-9-14-19,20-15-10-7-11-16-20)23-21(25(4,5)27)17-12-18-22(23)26/h6-18,26-27H,1-5H3. The molecule has 3 aromatic carbocycles. The molecule has 0 unspecified atom stereocenters. The van der Waals surface area contributed by atoms with E-state index in [9.17, 15) is 10.2 Å². The summed E-state index contributed by atoms with van der Waals surface area (Å²) in [5, 5.41) is 25.4. The Bertz CT molecular complexity index is 896. The van der Waals surface area contributed by atoms with E-state index in [0.29, 0.717) is 0 Å². The highest BCUT2D eigenvalue weighted by atomic mass is 28.3. The van der Waals surface area contributed by atoms with E-state index in [4.69, 9.17) is 0 Å². The van der Waals surface area contributed by atoms with Crippen molar-refractivity contribution >= 4 is 23.6 Å². The van der Waals surface area contributed by atoms with Crippen LogP contribution in [0.2, 0.25) is 5.04 Å². The fourth-order valence-corrected chi connectivity index (χ4v) is 10.6. The van der Waals surface area contributed by atoms with E-state index in [2.05, 4.69) is 69.3 Å². The number of phenols is 1. The molecule has 0 aliphatic rings. The first-order valence-corrected chi connectivity index (χ1v) is 11.8. The van der Waals surface area contributed by atoms with E-state index in [1.807, 2.05) is 24.3 Å². The molecule has 0 saturated heterocycles. The van der Waals surface area contributed by atoms with Gasteiger partial charge in [-0.3, -0.25) is 0 Å². The van der Waals surface area contributed by atoms with Crippen molar-refractivity contribution in [3.05, 3.63) is 84.4 Å². The molecule has 0 spiro atoms. The minimum atomic E-state index is -2.73. The average molecular weight is 391 g/mol. The largest absolute Gasteiger partial charge is 0.508 e. The first-order chi connectivity index (χ1) is 13.1. The number of rotatable bonds is 4. The molecule has 0 aliphatic heterocycles. The van der Waals surface area contributed by atoms with Crippen LogP contribution in [0, 0.1) is 0 Å². The Labute approximate surface area is 169 Å². The molecule has 0 aromatic heterocycles. The maximum atomic E-state index is 11.2. The van der Waals surface area contributed by atoms with Crippen molar-refractivity contribution in [2.24, 2.45) is 0 Å². The molecule has 0 radical (unpaired) electrons. The molecule has 146 valence electrons. The second-order valence-corrected chi connectivity index (χ2v) is 13.6. The monoisotopic (exact) mass is 390 g/mol. The summed E-state index contributed by atoms with van der Waals surface area (Å²) in [6.45, 7) is 10.3. The lowest BCUT2D eigenvalue weighted by Crippen LogP contribution is -2.73. The minimum absolute atomic E-state index is 0.158. The molecule has 0 atom stereocenters. The van der Waals surface area contributed by atoms with Gasteiger partial charge < -0.3 is 10.2 Å². The van der Waals surface area contributed by atoms with Crippen LogP contribution in [0.15, 0.2) is 78.9 Å². The van der Waals surface area contributed by atoms with Gasteiger partial charge in [-0.1, -0.05) is 93.6 Å². The van der Waals surface area contributed by atoms with Crippen LogP contribution in [0.3, 0.4) is 0 Å². The van der Waals surface area contributed by atoms with Crippen LogP contribution >= 0.6 is 0 Å². The quantitative estimate of drug-likeness (QED) is 0.524. The summed E-state index contributed by atoms with van der Waals surface area (Å²) in [5.41, 5.74) is -0.275. The molecule has 2 N–H and O–H groups in total. The average Bonchev–Trinajstić information content (AvgIpc) is 2.63. The molecule has 3 rings (SSSR count). The normalized spacial score (nSPS) is 12.8. The highest BCUT2D eigenvalue weighted by Gasteiger charge is 2.52. The molecule has 2 nitrogen and oxygen atoms in total. The Morgan fingerprint density at radius 1 is 0.643 bits per heavy atom. The summed E-state index contributed by atoms with van der Waals surface area (Å²) in [6.07, 6.45) is 0. The van der Waals surface area contributed by atoms with Crippen LogP contribution in [0.5, 0.6) is 5.75 Å². The van der Waals surface area contributed by atoms with Gasteiger partial charge in [0, 0.05) is 0 Å². The molecule has 0 amide bonds. The van der Waals surface area contributed by atoms with Crippen molar-refractivity contribution in [1.82, 2.24) is 0 Å². The fraction of sp³-hybridized carbons (Fsp3) is 0.280. The minimum Gasteiger partial charge on any atom is -0.508 e. The van der Waals surface area contributed by atoms with Crippen molar-refractivity contribution in [1.29, 1.82) is 0 Å². The third-order valence-corrected chi connectivity index (χ3v) is 11.5. The van der Waals surface area contributed by atoms with Gasteiger partial charge in [0.25, 0.3) is 0 Å². The number of aliphatic hydroxyl groups is 1. The van der Waals surface area contributed by atoms with Gasteiger partial charge in [0.1, 0.15) is 5.75 Å². The lowest BCUT2D eigenvalue weighted by Gasteiger charge is -2.46. The Morgan fingerprint density at radius 2 is 1.11 bits per heavy atom. The Hall–Kier alpha value is -2.36. The van der Waals surface area contributed by atoms with Gasteiger partial charge in [-0.05, 0) is 46.1 Å². The third kappa shape index (κ3) is 3.29. The summed E-state index contributed by atoms with van der Waals surface area (Å²) in [5.74, 6) is 0.258. The zero-order valence-electron chi connectivity index (χ0n) is 17.4. The fourth-order valence-electron chi connectivity index (χ4n) is 4.52. The van der Waals surface area contributed by atoms with E-state index >= 15 is 0 Å². The second kappa shape index (κ2) is 7.23. The van der Waals surface area contributed by atoms with Crippen LogP contribution in [0.4, 0.5) is 0 Å². The molecular weight excluding hydrogens is 360 g/mol. The lowest BCUT2D eigenvalue weighted by molar-refractivity contribution is 0.0794. The summed E-state index contributed by atoms with van der Waals surface area (Å²) in [6, 6.07) is 26.5. The number of phenolic OH excluding ortho intramolecular Hbond substituents is 1. The molecule has 28 heavy (non-hydrogen) atoms. The molecule has 0 fully saturated rings. The number of aromatic hydroxyl groups is 1. The Kier molecular flexibility index (Phi) is 5.26. The number of hydrogen-bond donors (Lipinski definition) is 2. The lowest BCUT2D eigenvalue weighted by atomic mass is 9.98. The van der Waals surface area contributed by atoms with Gasteiger partial charge in [0.15, 0.2) is 8.07 Å². The first-order valence-electron chi connectivity index (χ1n) is 9.76. The molecule has 0 aliphatic carbocycles.